The van der Waals surface area contributed by atoms with Gasteiger partial charge < -0.3 is 9.47 Å². The normalized spacial score (nSPS) is 13.2. The third-order valence-corrected chi connectivity index (χ3v) is 6.19. The molecule has 39 heavy (non-hydrogen) atoms. The highest BCUT2D eigenvalue weighted by Gasteiger charge is 2.22. The molecular weight excluding hydrogens is 514 g/mol. The van der Waals surface area contributed by atoms with Crippen molar-refractivity contribution in [3.63, 3.8) is 0 Å². The number of rotatable bonds is 4. The molecule has 0 bridgehead atoms. The quantitative estimate of drug-likeness (QED) is 0.229. The first-order valence-corrected chi connectivity index (χ1v) is 15.5. The molecule has 1 aliphatic rings. The Morgan fingerprint density at radius 3 is 1.67 bits per heavy atom. The highest BCUT2D eigenvalue weighted by Crippen LogP contribution is 2.37. The number of hydrogen-bond acceptors (Lipinski definition) is 2. The Balaban J connectivity index is 0. The standard InChI is InChI=1S/C14H15O2P.C8H11P.C7H12.3C2H6/c1-15-11-7-4-3-6-10(11)14-12(16-2)8-5-9-13(14)17;1-6-3-7(2)5-8(9)4-6;1-3-4-7-5-6(7)2;3*1-2/h3-9H,17H2,1-2H3;3-5H,9H2,1-2H3;4,6H,3,5H2,1-2H3;3*1-2H3/b;;7-4+;;;. The molecule has 1 saturated carbocycles. The number of hydrogen-bond donors (Lipinski definition) is 0. The maximum atomic E-state index is 5.41. The molecule has 0 spiro atoms. The molecule has 0 saturated heterocycles. The molecule has 0 aliphatic heterocycles. The molecule has 4 rings (SSSR count). The van der Waals surface area contributed by atoms with Gasteiger partial charge in [0.15, 0.2) is 0 Å². The Morgan fingerprint density at radius 1 is 0.769 bits per heavy atom. The van der Waals surface area contributed by atoms with Crippen LogP contribution in [0.2, 0.25) is 0 Å². The zero-order valence-electron chi connectivity index (χ0n) is 26.8. The van der Waals surface area contributed by atoms with Crippen molar-refractivity contribution in [3.8, 4) is 22.6 Å². The summed E-state index contributed by atoms with van der Waals surface area (Å²) in [5.41, 5.74) is 6.43. The molecule has 0 aromatic heterocycles. The first-order chi connectivity index (χ1) is 18.8. The second-order valence-corrected chi connectivity index (χ2v) is 9.63. The monoisotopic (exact) mass is 570 g/mol. The predicted molar refractivity (Wildman–Crippen MR) is 186 cm³/mol. The molecule has 4 heteroatoms. The van der Waals surface area contributed by atoms with Crippen LogP contribution >= 0.6 is 18.5 Å². The summed E-state index contributed by atoms with van der Waals surface area (Å²) in [6.45, 7) is 20.7. The van der Waals surface area contributed by atoms with Gasteiger partial charge in [0.2, 0.25) is 0 Å². The maximum Gasteiger partial charge on any atom is 0.127 e. The van der Waals surface area contributed by atoms with Crippen LogP contribution in [-0.2, 0) is 0 Å². The van der Waals surface area contributed by atoms with E-state index in [-0.39, 0.29) is 0 Å². The molecule has 1 fully saturated rings. The molecule has 3 aromatic carbocycles. The van der Waals surface area contributed by atoms with Gasteiger partial charge in [0.05, 0.1) is 14.2 Å². The van der Waals surface area contributed by atoms with Crippen LogP contribution in [-0.4, -0.2) is 14.2 Å². The molecule has 0 heterocycles. The van der Waals surface area contributed by atoms with Gasteiger partial charge in [0.25, 0.3) is 0 Å². The highest BCUT2D eigenvalue weighted by molar-refractivity contribution is 7.28. The Hall–Kier alpha value is -2.14. The van der Waals surface area contributed by atoms with Crippen LogP contribution in [0.3, 0.4) is 0 Å². The Morgan fingerprint density at radius 2 is 1.26 bits per heavy atom. The summed E-state index contributed by atoms with van der Waals surface area (Å²) in [6.07, 6.45) is 4.93. The van der Waals surface area contributed by atoms with Gasteiger partial charge in [-0.15, -0.1) is 18.5 Å². The molecule has 0 N–H and O–H groups in total. The van der Waals surface area contributed by atoms with Gasteiger partial charge in [-0.05, 0) is 55.3 Å². The molecule has 0 radical (unpaired) electrons. The minimum absolute atomic E-state index is 0.848. The number of allylic oxidation sites excluding steroid dienone is 2. The van der Waals surface area contributed by atoms with E-state index in [1.807, 2.05) is 84.0 Å². The summed E-state index contributed by atoms with van der Waals surface area (Å²) in [4.78, 5) is 0. The van der Waals surface area contributed by atoms with Crippen molar-refractivity contribution >= 4 is 29.1 Å². The first-order valence-electron chi connectivity index (χ1n) is 14.4. The van der Waals surface area contributed by atoms with E-state index in [0.29, 0.717) is 0 Å². The molecule has 3 atom stereocenters. The summed E-state index contributed by atoms with van der Waals surface area (Å²) in [6, 6.07) is 20.4. The topological polar surface area (TPSA) is 18.5 Å². The summed E-state index contributed by atoms with van der Waals surface area (Å²) < 4.78 is 10.8. The SMILES string of the molecule is CC.CC.CC.CC/C=C1\CC1C.COc1ccccc1-c1c(P)cccc1OC.Cc1cc(C)cc(P)c1. The number of aryl methyl sites for hydroxylation is 2. The highest BCUT2D eigenvalue weighted by atomic mass is 31.0. The summed E-state index contributed by atoms with van der Waals surface area (Å²) >= 11 is 0. The number of benzene rings is 3. The lowest BCUT2D eigenvalue weighted by molar-refractivity contribution is 0.410. The summed E-state index contributed by atoms with van der Waals surface area (Å²) in [5.74, 6) is 2.63. The van der Waals surface area contributed by atoms with E-state index >= 15 is 0 Å². The lowest BCUT2D eigenvalue weighted by atomic mass is 10.0. The van der Waals surface area contributed by atoms with Crippen LogP contribution in [0.15, 0.2) is 72.3 Å². The molecule has 218 valence electrons. The average Bonchev–Trinajstić information content (AvgIpc) is 3.66. The van der Waals surface area contributed by atoms with E-state index in [2.05, 4.69) is 70.4 Å². The van der Waals surface area contributed by atoms with Gasteiger partial charge in [0.1, 0.15) is 11.5 Å². The van der Waals surface area contributed by atoms with Crippen LogP contribution in [0.25, 0.3) is 11.1 Å². The second-order valence-electron chi connectivity index (χ2n) is 8.34. The van der Waals surface area contributed by atoms with Crippen molar-refractivity contribution in [1.29, 1.82) is 0 Å². The van der Waals surface area contributed by atoms with Crippen molar-refractivity contribution in [2.24, 2.45) is 5.92 Å². The maximum absolute atomic E-state index is 5.41. The van der Waals surface area contributed by atoms with Crippen LogP contribution in [0.5, 0.6) is 11.5 Å². The number of methoxy groups -OCH3 is 2. The van der Waals surface area contributed by atoms with Crippen molar-refractivity contribution in [3.05, 3.63) is 83.4 Å². The van der Waals surface area contributed by atoms with E-state index in [1.165, 1.54) is 29.3 Å². The van der Waals surface area contributed by atoms with Gasteiger partial charge in [-0.2, -0.15) is 0 Å². The average molecular weight is 571 g/mol. The van der Waals surface area contributed by atoms with E-state index in [0.717, 1.165) is 33.8 Å². The molecule has 0 amide bonds. The largest absolute Gasteiger partial charge is 0.496 e. The minimum atomic E-state index is 0.848. The van der Waals surface area contributed by atoms with E-state index in [4.69, 9.17) is 9.47 Å². The van der Waals surface area contributed by atoms with Crippen molar-refractivity contribution in [2.75, 3.05) is 14.2 Å². The Labute approximate surface area is 246 Å². The summed E-state index contributed by atoms with van der Waals surface area (Å²) in [7, 11) is 8.78. The number of ether oxygens (including phenoxy) is 2. The lowest BCUT2D eigenvalue weighted by Crippen LogP contribution is -2.01. The fraction of sp³-hybridized carbons (Fsp3) is 0.429. The van der Waals surface area contributed by atoms with Gasteiger partial charge in [-0.25, -0.2) is 0 Å². The molecule has 3 aromatic rings. The smallest absolute Gasteiger partial charge is 0.127 e. The van der Waals surface area contributed by atoms with Gasteiger partial charge in [-0.1, -0.05) is 127 Å². The first kappa shape index (κ1) is 39.0. The summed E-state index contributed by atoms with van der Waals surface area (Å²) in [5, 5.41) is 2.36. The van der Waals surface area contributed by atoms with Crippen molar-refractivity contribution in [2.45, 2.75) is 82.1 Å². The van der Waals surface area contributed by atoms with Gasteiger partial charge >= 0.3 is 0 Å². The van der Waals surface area contributed by atoms with Crippen molar-refractivity contribution < 1.29 is 9.47 Å². The van der Waals surface area contributed by atoms with Crippen LogP contribution in [0.1, 0.15) is 79.4 Å². The minimum Gasteiger partial charge on any atom is -0.496 e. The van der Waals surface area contributed by atoms with Crippen molar-refractivity contribution in [1.82, 2.24) is 0 Å². The fourth-order valence-electron chi connectivity index (χ4n) is 3.71. The Bertz CT molecular complexity index is 1020. The number of para-hydroxylation sites is 1. The van der Waals surface area contributed by atoms with E-state index < -0.39 is 0 Å². The molecule has 2 nitrogen and oxygen atoms in total. The van der Waals surface area contributed by atoms with E-state index in [9.17, 15) is 0 Å². The zero-order chi connectivity index (χ0) is 30.4. The lowest BCUT2D eigenvalue weighted by Gasteiger charge is -2.14. The fourth-order valence-corrected chi connectivity index (χ4v) is 4.64. The van der Waals surface area contributed by atoms with Gasteiger partial charge in [0, 0.05) is 11.1 Å². The van der Waals surface area contributed by atoms with Crippen LogP contribution < -0.4 is 20.1 Å². The van der Waals surface area contributed by atoms with E-state index in [1.54, 1.807) is 19.8 Å². The van der Waals surface area contributed by atoms with Crippen LogP contribution in [0, 0.1) is 19.8 Å². The molecule has 3 unspecified atom stereocenters. The third kappa shape index (κ3) is 15.3. The van der Waals surface area contributed by atoms with Crippen LogP contribution in [0.4, 0.5) is 0 Å². The second kappa shape index (κ2) is 23.7. The Kier molecular flexibility index (Phi) is 23.7. The molecule has 1 aliphatic carbocycles. The zero-order valence-corrected chi connectivity index (χ0v) is 29.1. The third-order valence-electron chi connectivity index (χ3n) is 5.38. The molecular formula is C35H56O2P2. The van der Waals surface area contributed by atoms with Gasteiger partial charge in [-0.3, -0.25) is 0 Å². The predicted octanol–water partition coefficient (Wildman–Crippen LogP) is 10.1.